The van der Waals surface area contributed by atoms with Crippen LogP contribution in [-0.4, -0.2) is 25.7 Å². The number of methoxy groups -OCH3 is 1. The number of ether oxygens (including phenoxy) is 2. The van der Waals surface area contributed by atoms with Gasteiger partial charge >= 0.3 is 0 Å². The number of hydrogen-bond donors (Lipinski definition) is 1. The number of benzene rings is 1. The minimum Gasteiger partial charge on any atom is -0.493 e. The van der Waals surface area contributed by atoms with Gasteiger partial charge in [-0.3, -0.25) is 4.79 Å². The molecule has 0 radical (unpaired) electrons. The van der Waals surface area contributed by atoms with Crippen LogP contribution in [0.15, 0.2) is 24.3 Å². The topological polar surface area (TPSA) is 47.6 Å². The first-order chi connectivity index (χ1) is 10.8. The molecule has 4 heteroatoms. The van der Waals surface area contributed by atoms with Gasteiger partial charge in [0.25, 0.3) is 0 Å². The van der Waals surface area contributed by atoms with Crippen LogP contribution >= 0.6 is 0 Å². The fourth-order valence-corrected chi connectivity index (χ4v) is 2.89. The lowest BCUT2D eigenvalue weighted by Gasteiger charge is -2.21. The van der Waals surface area contributed by atoms with Gasteiger partial charge in [0.15, 0.2) is 11.5 Å². The van der Waals surface area contributed by atoms with Crippen LogP contribution in [0.2, 0.25) is 0 Å². The monoisotopic (exact) mass is 305 g/mol. The predicted octanol–water partition coefficient (Wildman–Crippen LogP) is 3.69. The van der Waals surface area contributed by atoms with E-state index in [1.54, 1.807) is 7.11 Å². The number of amides is 1. The smallest absolute Gasteiger partial charge is 0.223 e. The van der Waals surface area contributed by atoms with Crippen LogP contribution < -0.4 is 14.8 Å². The Labute approximate surface area is 133 Å². The summed E-state index contributed by atoms with van der Waals surface area (Å²) in [4.78, 5) is 12.0. The molecule has 1 N–H and O–H groups in total. The largest absolute Gasteiger partial charge is 0.493 e. The van der Waals surface area contributed by atoms with Crippen molar-refractivity contribution in [1.82, 2.24) is 5.32 Å². The Balaban J connectivity index is 1.70. The van der Waals surface area contributed by atoms with Gasteiger partial charge in [-0.05, 0) is 25.0 Å². The standard InChI is InChI=1S/C18H27NO3/c1-21-16-11-7-8-12-17(16)22-14-13-18(20)19-15-9-5-3-2-4-6-10-15/h7-8,11-12,15H,2-6,9-10,13-14H2,1H3,(H,19,20). The van der Waals surface area contributed by atoms with E-state index in [4.69, 9.17) is 9.47 Å². The molecule has 1 amide bonds. The van der Waals surface area contributed by atoms with Crippen molar-refractivity contribution >= 4 is 5.91 Å². The molecule has 1 aromatic carbocycles. The molecule has 0 saturated heterocycles. The number of rotatable bonds is 6. The van der Waals surface area contributed by atoms with Crippen molar-refractivity contribution < 1.29 is 14.3 Å². The second kappa shape index (κ2) is 9.34. The molecule has 1 aromatic rings. The molecule has 0 atom stereocenters. The fourth-order valence-electron chi connectivity index (χ4n) is 2.89. The van der Waals surface area contributed by atoms with E-state index in [9.17, 15) is 4.79 Å². The van der Waals surface area contributed by atoms with Crippen molar-refractivity contribution in [2.24, 2.45) is 0 Å². The van der Waals surface area contributed by atoms with Gasteiger partial charge in [-0.1, -0.05) is 44.2 Å². The summed E-state index contributed by atoms with van der Waals surface area (Å²) in [5.74, 6) is 1.46. The summed E-state index contributed by atoms with van der Waals surface area (Å²) in [6.45, 7) is 0.374. The molecule has 1 saturated carbocycles. The average molecular weight is 305 g/mol. The molecular formula is C18H27NO3. The zero-order valence-corrected chi connectivity index (χ0v) is 13.5. The Bertz CT molecular complexity index is 453. The molecule has 0 aromatic heterocycles. The Hall–Kier alpha value is -1.71. The van der Waals surface area contributed by atoms with Gasteiger partial charge in [0.1, 0.15) is 0 Å². The van der Waals surface area contributed by atoms with Gasteiger partial charge in [0.05, 0.1) is 20.1 Å². The summed E-state index contributed by atoms with van der Waals surface area (Å²) in [5, 5.41) is 3.15. The van der Waals surface area contributed by atoms with Gasteiger partial charge in [0, 0.05) is 6.04 Å². The molecule has 0 heterocycles. The number of para-hydroxylation sites is 2. The van der Waals surface area contributed by atoms with Gasteiger partial charge in [-0.2, -0.15) is 0 Å². The highest BCUT2D eigenvalue weighted by Gasteiger charge is 2.14. The SMILES string of the molecule is COc1ccccc1OCCC(=O)NC1CCCCCCC1. The fraction of sp³-hybridized carbons (Fsp3) is 0.611. The molecule has 1 aliphatic rings. The van der Waals surface area contributed by atoms with E-state index in [1.165, 1.54) is 32.1 Å². The summed E-state index contributed by atoms with van der Waals surface area (Å²) < 4.78 is 10.9. The highest BCUT2D eigenvalue weighted by atomic mass is 16.5. The summed E-state index contributed by atoms with van der Waals surface area (Å²) >= 11 is 0. The van der Waals surface area contributed by atoms with Crippen LogP contribution in [-0.2, 0) is 4.79 Å². The van der Waals surface area contributed by atoms with Crippen molar-refractivity contribution in [3.05, 3.63) is 24.3 Å². The molecule has 0 aliphatic heterocycles. The number of carbonyl (C=O) groups is 1. The lowest BCUT2D eigenvalue weighted by atomic mass is 9.96. The molecular weight excluding hydrogens is 278 g/mol. The maximum atomic E-state index is 12.0. The van der Waals surface area contributed by atoms with Gasteiger partial charge in [-0.15, -0.1) is 0 Å². The number of nitrogens with one attached hydrogen (secondary N) is 1. The highest BCUT2D eigenvalue weighted by molar-refractivity contribution is 5.76. The van der Waals surface area contributed by atoms with Crippen LogP contribution in [0.3, 0.4) is 0 Å². The molecule has 4 nitrogen and oxygen atoms in total. The van der Waals surface area contributed by atoms with E-state index in [0.29, 0.717) is 30.6 Å². The first kappa shape index (κ1) is 16.7. The van der Waals surface area contributed by atoms with Crippen LogP contribution in [0.1, 0.15) is 51.4 Å². The molecule has 1 fully saturated rings. The second-order valence-electron chi connectivity index (χ2n) is 5.86. The lowest BCUT2D eigenvalue weighted by Crippen LogP contribution is -2.35. The third-order valence-electron chi connectivity index (χ3n) is 4.13. The lowest BCUT2D eigenvalue weighted by molar-refractivity contribution is -0.122. The summed E-state index contributed by atoms with van der Waals surface area (Å²) in [6.07, 6.45) is 8.98. The molecule has 122 valence electrons. The Morgan fingerprint density at radius 1 is 1.09 bits per heavy atom. The van der Waals surface area contributed by atoms with Crippen LogP contribution in [0.5, 0.6) is 11.5 Å². The van der Waals surface area contributed by atoms with Gasteiger partial charge in [-0.25, -0.2) is 0 Å². The first-order valence-electron chi connectivity index (χ1n) is 8.35. The van der Waals surface area contributed by atoms with Crippen molar-refractivity contribution in [1.29, 1.82) is 0 Å². The first-order valence-corrected chi connectivity index (χ1v) is 8.35. The van der Waals surface area contributed by atoms with E-state index in [0.717, 1.165) is 12.8 Å². The molecule has 0 unspecified atom stereocenters. The Morgan fingerprint density at radius 3 is 2.41 bits per heavy atom. The molecule has 0 bridgehead atoms. The third kappa shape index (κ3) is 5.58. The maximum Gasteiger partial charge on any atom is 0.223 e. The Kier molecular flexibility index (Phi) is 7.07. The maximum absolute atomic E-state index is 12.0. The normalized spacial score (nSPS) is 16.4. The van der Waals surface area contributed by atoms with E-state index >= 15 is 0 Å². The van der Waals surface area contributed by atoms with Gasteiger partial charge in [0.2, 0.25) is 5.91 Å². The van der Waals surface area contributed by atoms with Crippen molar-refractivity contribution in [2.75, 3.05) is 13.7 Å². The molecule has 0 spiro atoms. The van der Waals surface area contributed by atoms with Crippen LogP contribution in [0, 0.1) is 0 Å². The van der Waals surface area contributed by atoms with Crippen molar-refractivity contribution in [2.45, 2.75) is 57.4 Å². The van der Waals surface area contributed by atoms with E-state index in [-0.39, 0.29) is 5.91 Å². The predicted molar refractivity (Wildman–Crippen MR) is 87.4 cm³/mol. The summed E-state index contributed by atoms with van der Waals surface area (Å²) in [6, 6.07) is 7.84. The van der Waals surface area contributed by atoms with Crippen LogP contribution in [0.4, 0.5) is 0 Å². The Morgan fingerprint density at radius 2 is 1.73 bits per heavy atom. The molecule has 2 rings (SSSR count). The third-order valence-corrected chi connectivity index (χ3v) is 4.13. The minimum absolute atomic E-state index is 0.0838. The summed E-state index contributed by atoms with van der Waals surface area (Å²) in [5.41, 5.74) is 0. The zero-order chi connectivity index (χ0) is 15.6. The van der Waals surface area contributed by atoms with Gasteiger partial charge < -0.3 is 14.8 Å². The molecule has 22 heavy (non-hydrogen) atoms. The number of hydrogen-bond acceptors (Lipinski definition) is 3. The number of carbonyl (C=O) groups excluding carboxylic acids is 1. The minimum atomic E-state index is 0.0838. The van der Waals surface area contributed by atoms with Crippen LogP contribution in [0.25, 0.3) is 0 Å². The highest BCUT2D eigenvalue weighted by Crippen LogP contribution is 2.25. The van der Waals surface area contributed by atoms with Crippen molar-refractivity contribution in [3.63, 3.8) is 0 Å². The average Bonchev–Trinajstić information content (AvgIpc) is 2.50. The zero-order valence-electron chi connectivity index (χ0n) is 13.5. The van der Waals surface area contributed by atoms with Crippen molar-refractivity contribution in [3.8, 4) is 11.5 Å². The quantitative estimate of drug-likeness (QED) is 0.872. The molecule has 1 aliphatic carbocycles. The van der Waals surface area contributed by atoms with E-state index in [1.807, 2.05) is 24.3 Å². The van der Waals surface area contributed by atoms with E-state index in [2.05, 4.69) is 5.32 Å². The van der Waals surface area contributed by atoms with E-state index < -0.39 is 0 Å². The second-order valence-corrected chi connectivity index (χ2v) is 5.86. The summed E-state index contributed by atoms with van der Waals surface area (Å²) in [7, 11) is 1.61.